The summed E-state index contributed by atoms with van der Waals surface area (Å²) in [4.78, 5) is 2.32. The molecule has 0 heterocycles. The number of aryl methyl sites for hydroxylation is 1. The quantitative estimate of drug-likeness (QED) is 0.594. The standard InChI is InChI=1S/C14H21N3O/c1-10-3-6-12(14(15)16)13(9-10)18-8-7-17(2)11-4-5-11/h3,6,9,11H,4-5,7-8H2,1-2H3,(H3,15,16). The van der Waals surface area contributed by atoms with Crippen molar-refractivity contribution in [2.45, 2.75) is 25.8 Å². The molecule has 0 atom stereocenters. The first-order valence-corrected chi connectivity index (χ1v) is 6.36. The molecule has 1 fully saturated rings. The molecule has 0 aliphatic heterocycles. The van der Waals surface area contributed by atoms with Gasteiger partial charge in [0, 0.05) is 12.6 Å². The molecule has 1 aliphatic rings. The molecule has 0 amide bonds. The van der Waals surface area contributed by atoms with Crippen molar-refractivity contribution in [2.75, 3.05) is 20.2 Å². The Hall–Kier alpha value is -1.55. The van der Waals surface area contributed by atoms with Gasteiger partial charge in [0.05, 0.1) is 5.56 Å². The van der Waals surface area contributed by atoms with Crippen LogP contribution >= 0.6 is 0 Å². The highest BCUT2D eigenvalue weighted by Crippen LogP contribution is 2.25. The van der Waals surface area contributed by atoms with Gasteiger partial charge in [0.25, 0.3) is 0 Å². The fourth-order valence-electron chi connectivity index (χ4n) is 1.97. The number of nitrogens with one attached hydrogen (secondary N) is 1. The number of likely N-dealkylation sites (N-methyl/N-ethyl adjacent to an activating group) is 1. The molecule has 1 saturated carbocycles. The van der Waals surface area contributed by atoms with Crippen LogP contribution in [0.2, 0.25) is 0 Å². The Morgan fingerprint density at radius 3 is 2.83 bits per heavy atom. The molecule has 18 heavy (non-hydrogen) atoms. The number of nitrogens with zero attached hydrogens (tertiary/aromatic N) is 1. The Bertz CT molecular complexity index is 441. The Kier molecular flexibility index (Phi) is 3.87. The van der Waals surface area contributed by atoms with Crippen molar-refractivity contribution in [3.05, 3.63) is 29.3 Å². The third kappa shape index (κ3) is 3.23. The number of hydrogen-bond donors (Lipinski definition) is 2. The van der Waals surface area contributed by atoms with E-state index in [1.807, 2.05) is 25.1 Å². The largest absolute Gasteiger partial charge is 0.491 e. The van der Waals surface area contributed by atoms with E-state index in [0.717, 1.165) is 18.2 Å². The highest BCUT2D eigenvalue weighted by Gasteiger charge is 2.25. The van der Waals surface area contributed by atoms with Gasteiger partial charge in [0.1, 0.15) is 18.2 Å². The van der Waals surface area contributed by atoms with Gasteiger partial charge < -0.3 is 15.4 Å². The van der Waals surface area contributed by atoms with Gasteiger partial charge in [0.2, 0.25) is 0 Å². The number of benzene rings is 1. The number of hydrogen-bond acceptors (Lipinski definition) is 3. The fraction of sp³-hybridized carbons (Fsp3) is 0.500. The number of nitrogen functional groups attached to an aromatic ring is 1. The van der Waals surface area contributed by atoms with Crippen LogP contribution in [0, 0.1) is 12.3 Å². The molecule has 0 unspecified atom stereocenters. The summed E-state index contributed by atoms with van der Waals surface area (Å²) in [6.45, 7) is 3.56. The zero-order valence-electron chi connectivity index (χ0n) is 11.1. The van der Waals surface area contributed by atoms with E-state index in [4.69, 9.17) is 15.9 Å². The number of nitrogens with two attached hydrogens (primary N) is 1. The molecule has 0 bridgehead atoms. The summed E-state index contributed by atoms with van der Waals surface area (Å²) in [5.74, 6) is 0.771. The van der Waals surface area contributed by atoms with Crippen molar-refractivity contribution in [3.63, 3.8) is 0 Å². The molecule has 1 aromatic rings. The normalized spacial score (nSPS) is 14.8. The SMILES string of the molecule is Cc1ccc(C(=N)N)c(OCCN(C)C2CC2)c1. The molecular formula is C14H21N3O. The van der Waals surface area contributed by atoms with Gasteiger partial charge in [-0.3, -0.25) is 5.41 Å². The predicted octanol–water partition coefficient (Wildman–Crippen LogP) is 1.75. The molecule has 4 heteroatoms. The summed E-state index contributed by atoms with van der Waals surface area (Å²) in [5, 5.41) is 7.53. The first-order chi connectivity index (χ1) is 8.58. The van der Waals surface area contributed by atoms with Crippen LogP contribution < -0.4 is 10.5 Å². The molecule has 2 rings (SSSR count). The van der Waals surface area contributed by atoms with Crippen LogP contribution in [0.1, 0.15) is 24.0 Å². The lowest BCUT2D eigenvalue weighted by Crippen LogP contribution is -2.26. The summed E-state index contributed by atoms with van der Waals surface area (Å²) in [6.07, 6.45) is 2.61. The lowest BCUT2D eigenvalue weighted by Gasteiger charge is -2.17. The van der Waals surface area contributed by atoms with Crippen LogP contribution in [0.4, 0.5) is 0 Å². The smallest absolute Gasteiger partial charge is 0.130 e. The maximum atomic E-state index is 7.53. The van der Waals surface area contributed by atoms with Crippen LogP contribution in [0.25, 0.3) is 0 Å². The Balaban J connectivity index is 1.94. The summed E-state index contributed by atoms with van der Waals surface area (Å²) < 4.78 is 5.77. The van der Waals surface area contributed by atoms with Crippen LogP contribution in [0.3, 0.4) is 0 Å². The second kappa shape index (κ2) is 5.40. The Labute approximate surface area is 108 Å². The van der Waals surface area contributed by atoms with Gasteiger partial charge in [-0.1, -0.05) is 6.07 Å². The first-order valence-electron chi connectivity index (χ1n) is 6.36. The second-order valence-corrected chi connectivity index (χ2v) is 4.97. The lowest BCUT2D eigenvalue weighted by atomic mass is 10.1. The lowest BCUT2D eigenvalue weighted by molar-refractivity contribution is 0.231. The van der Waals surface area contributed by atoms with Gasteiger partial charge >= 0.3 is 0 Å². The molecule has 0 spiro atoms. The third-order valence-corrected chi connectivity index (χ3v) is 3.30. The van der Waals surface area contributed by atoms with Crippen LogP contribution in [-0.4, -0.2) is 37.0 Å². The van der Waals surface area contributed by atoms with Crippen LogP contribution in [-0.2, 0) is 0 Å². The molecule has 4 nitrogen and oxygen atoms in total. The zero-order chi connectivity index (χ0) is 13.1. The number of amidine groups is 1. The van der Waals surface area contributed by atoms with Crippen LogP contribution in [0.5, 0.6) is 5.75 Å². The minimum atomic E-state index is 0.0561. The van der Waals surface area contributed by atoms with E-state index < -0.39 is 0 Å². The predicted molar refractivity (Wildman–Crippen MR) is 73.3 cm³/mol. The Morgan fingerprint density at radius 1 is 1.50 bits per heavy atom. The number of ether oxygens (including phenoxy) is 1. The van der Waals surface area contributed by atoms with Gasteiger partial charge in [-0.05, 0) is 44.5 Å². The molecule has 0 saturated heterocycles. The van der Waals surface area contributed by atoms with Crippen molar-refractivity contribution in [3.8, 4) is 5.75 Å². The van der Waals surface area contributed by atoms with Crippen molar-refractivity contribution < 1.29 is 4.74 Å². The zero-order valence-corrected chi connectivity index (χ0v) is 11.1. The fourth-order valence-corrected chi connectivity index (χ4v) is 1.97. The maximum absolute atomic E-state index is 7.53. The van der Waals surface area contributed by atoms with Crippen molar-refractivity contribution >= 4 is 5.84 Å². The highest BCUT2D eigenvalue weighted by molar-refractivity contribution is 5.97. The van der Waals surface area contributed by atoms with Gasteiger partial charge in [-0.15, -0.1) is 0 Å². The average Bonchev–Trinajstić information content (AvgIpc) is 3.12. The van der Waals surface area contributed by atoms with E-state index in [-0.39, 0.29) is 5.84 Å². The first kappa shape index (κ1) is 12.9. The van der Waals surface area contributed by atoms with Gasteiger partial charge in [-0.2, -0.15) is 0 Å². The van der Waals surface area contributed by atoms with E-state index in [0.29, 0.717) is 17.9 Å². The molecule has 0 aromatic heterocycles. The summed E-state index contributed by atoms with van der Waals surface area (Å²) in [7, 11) is 2.13. The van der Waals surface area contributed by atoms with Crippen LogP contribution in [0.15, 0.2) is 18.2 Å². The number of rotatable bonds is 6. The Morgan fingerprint density at radius 2 is 2.22 bits per heavy atom. The molecule has 98 valence electrons. The second-order valence-electron chi connectivity index (χ2n) is 4.97. The average molecular weight is 247 g/mol. The molecule has 1 aromatic carbocycles. The van der Waals surface area contributed by atoms with E-state index in [9.17, 15) is 0 Å². The van der Waals surface area contributed by atoms with E-state index in [2.05, 4.69) is 11.9 Å². The summed E-state index contributed by atoms with van der Waals surface area (Å²) in [6, 6.07) is 6.48. The van der Waals surface area contributed by atoms with Gasteiger partial charge in [0.15, 0.2) is 0 Å². The topological polar surface area (TPSA) is 62.3 Å². The van der Waals surface area contributed by atoms with Crippen molar-refractivity contribution in [1.82, 2.24) is 4.90 Å². The molecule has 1 aliphatic carbocycles. The van der Waals surface area contributed by atoms with E-state index >= 15 is 0 Å². The third-order valence-electron chi connectivity index (χ3n) is 3.30. The maximum Gasteiger partial charge on any atom is 0.130 e. The minimum absolute atomic E-state index is 0.0561. The minimum Gasteiger partial charge on any atom is -0.491 e. The summed E-state index contributed by atoms with van der Waals surface area (Å²) >= 11 is 0. The van der Waals surface area contributed by atoms with Crippen molar-refractivity contribution in [1.29, 1.82) is 5.41 Å². The van der Waals surface area contributed by atoms with Gasteiger partial charge in [-0.25, -0.2) is 0 Å². The van der Waals surface area contributed by atoms with E-state index in [1.54, 1.807) is 0 Å². The van der Waals surface area contributed by atoms with E-state index in [1.165, 1.54) is 12.8 Å². The highest BCUT2D eigenvalue weighted by atomic mass is 16.5. The molecular weight excluding hydrogens is 226 g/mol. The molecule has 0 radical (unpaired) electrons. The summed E-state index contributed by atoms with van der Waals surface area (Å²) in [5.41, 5.74) is 7.34. The monoisotopic (exact) mass is 247 g/mol. The van der Waals surface area contributed by atoms with Crippen molar-refractivity contribution in [2.24, 2.45) is 5.73 Å². The molecule has 3 N–H and O–H groups in total.